The number of hydrogen-bond acceptors (Lipinski definition) is 3. The van der Waals surface area contributed by atoms with Crippen molar-refractivity contribution in [2.45, 2.75) is 13.3 Å². The molecule has 1 amide bonds. The SMILES string of the molecule is CCCNC(=O)COCN. The zero-order chi connectivity index (χ0) is 7.82. The number of hydrogen-bond donors (Lipinski definition) is 2. The van der Waals surface area contributed by atoms with E-state index in [1.165, 1.54) is 0 Å². The Bertz CT molecular complexity index is 85.7. The van der Waals surface area contributed by atoms with Crippen LogP contribution in [0.15, 0.2) is 0 Å². The standard InChI is InChI=1S/C6H14N2O2/c1-2-3-8-6(9)4-10-5-7/h2-5,7H2,1H3,(H,8,9). The van der Waals surface area contributed by atoms with E-state index in [4.69, 9.17) is 5.73 Å². The van der Waals surface area contributed by atoms with E-state index in [1.54, 1.807) is 0 Å². The van der Waals surface area contributed by atoms with Crippen LogP contribution in [0.4, 0.5) is 0 Å². The van der Waals surface area contributed by atoms with Crippen molar-refractivity contribution in [3.63, 3.8) is 0 Å². The van der Waals surface area contributed by atoms with Crippen molar-refractivity contribution >= 4 is 5.91 Å². The Morgan fingerprint density at radius 3 is 2.90 bits per heavy atom. The molecule has 0 spiro atoms. The van der Waals surface area contributed by atoms with Gasteiger partial charge in [-0.2, -0.15) is 0 Å². The highest BCUT2D eigenvalue weighted by Gasteiger charge is 1.96. The largest absolute Gasteiger partial charge is 0.357 e. The molecule has 0 atom stereocenters. The highest BCUT2D eigenvalue weighted by atomic mass is 16.5. The normalized spacial score (nSPS) is 9.40. The molecule has 0 aromatic rings. The van der Waals surface area contributed by atoms with E-state index in [-0.39, 0.29) is 19.2 Å². The third kappa shape index (κ3) is 5.53. The van der Waals surface area contributed by atoms with Gasteiger partial charge in [0.2, 0.25) is 5.91 Å². The molecular formula is C6H14N2O2. The van der Waals surface area contributed by atoms with Crippen LogP contribution in [0.25, 0.3) is 0 Å². The van der Waals surface area contributed by atoms with E-state index in [9.17, 15) is 4.79 Å². The first-order valence-electron chi connectivity index (χ1n) is 3.35. The minimum atomic E-state index is -0.104. The number of carbonyl (C=O) groups is 1. The van der Waals surface area contributed by atoms with Gasteiger partial charge in [0.25, 0.3) is 0 Å². The highest BCUT2D eigenvalue weighted by Crippen LogP contribution is 1.73. The van der Waals surface area contributed by atoms with Crippen molar-refractivity contribution in [2.24, 2.45) is 5.73 Å². The minimum absolute atomic E-state index is 0.0660. The molecule has 4 heteroatoms. The Balaban J connectivity index is 3.09. The number of ether oxygens (including phenoxy) is 1. The Hall–Kier alpha value is -0.610. The molecule has 0 aliphatic heterocycles. The summed E-state index contributed by atoms with van der Waals surface area (Å²) in [6.45, 7) is 2.85. The molecule has 0 aliphatic carbocycles. The average Bonchev–Trinajstić information content (AvgIpc) is 1.97. The molecule has 0 aromatic carbocycles. The van der Waals surface area contributed by atoms with Gasteiger partial charge in [0.15, 0.2) is 0 Å². The fraction of sp³-hybridized carbons (Fsp3) is 0.833. The zero-order valence-corrected chi connectivity index (χ0v) is 6.22. The van der Waals surface area contributed by atoms with Crippen LogP contribution in [-0.4, -0.2) is 25.8 Å². The highest BCUT2D eigenvalue weighted by molar-refractivity contribution is 5.77. The molecule has 0 aliphatic rings. The summed E-state index contributed by atoms with van der Waals surface area (Å²) < 4.78 is 4.66. The van der Waals surface area contributed by atoms with Crippen molar-refractivity contribution in [1.82, 2.24) is 5.32 Å². The maximum atomic E-state index is 10.7. The van der Waals surface area contributed by atoms with E-state index in [0.717, 1.165) is 6.42 Å². The summed E-state index contributed by atoms with van der Waals surface area (Å²) in [6, 6.07) is 0. The van der Waals surface area contributed by atoms with Crippen LogP contribution >= 0.6 is 0 Å². The molecule has 60 valence electrons. The second-order valence-electron chi connectivity index (χ2n) is 1.87. The molecule has 0 rings (SSSR count). The summed E-state index contributed by atoms with van der Waals surface area (Å²) in [5.41, 5.74) is 5.00. The average molecular weight is 146 g/mol. The van der Waals surface area contributed by atoms with Crippen LogP contribution in [0.1, 0.15) is 13.3 Å². The van der Waals surface area contributed by atoms with E-state index in [0.29, 0.717) is 6.54 Å². The number of rotatable bonds is 5. The molecule has 0 heterocycles. The number of nitrogens with one attached hydrogen (secondary N) is 1. The fourth-order valence-corrected chi connectivity index (χ4v) is 0.467. The van der Waals surface area contributed by atoms with E-state index in [2.05, 4.69) is 10.1 Å². The molecule has 4 nitrogen and oxygen atoms in total. The molecule has 0 saturated heterocycles. The first-order valence-corrected chi connectivity index (χ1v) is 3.35. The number of carbonyl (C=O) groups excluding carboxylic acids is 1. The lowest BCUT2D eigenvalue weighted by Gasteiger charge is -2.01. The summed E-state index contributed by atoms with van der Waals surface area (Å²) in [5.74, 6) is -0.104. The van der Waals surface area contributed by atoms with Crippen molar-refractivity contribution in [3.05, 3.63) is 0 Å². The predicted molar refractivity (Wildman–Crippen MR) is 38.3 cm³/mol. The van der Waals surface area contributed by atoms with Gasteiger partial charge >= 0.3 is 0 Å². The van der Waals surface area contributed by atoms with Gasteiger partial charge < -0.3 is 15.8 Å². The van der Waals surface area contributed by atoms with E-state index >= 15 is 0 Å². The molecule has 0 fully saturated rings. The van der Waals surface area contributed by atoms with Crippen LogP contribution in [0.2, 0.25) is 0 Å². The lowest BCUT2D eigenvalue weighted by molar-refractivity contribution is -0.125. The van der Waals surface area contributed by atoms with Gasteiger partial charge in [0, 0.05) is 6.54 Å². The first kappa shape index (κ1) is 9.39. The lowest BCUT2D eigenvalue weighted by atomic mass is 10.5. The van der Waals surface area contributed by atoms with Gasteiger partial charge in [-0.05, 0) is 6.42 Å². The van der Waals surface area contributed by atoms with Crippen LogP contribution < -0.4 is 11.1 Å². The summed E-state index contributed by atoms with van der Waals surface area (Å²) >= 11 is 0. The molecule has 0 aromatic heterocycles. The molecule has 0 radical (unpaired) electrons. The second-order valence-corrected chi connectivity index (χ2v) is 1.87. The van der Waals surface area contributed by atoms with Crippen molar-refractivity contribution < 1.29 is 9.53 Å². The van der Waals surface area contributed by atoms with Crippen LogP contribution in [0.3, 0.4) is 0 Å². The third-order valence-corrected chi connectivity index (χ3v) is 0.923. The van der Waals surface area contributed by atoms with Crippen molar-refractivity contribution in [1.29, 1.82) is 0 Å². The van der Waals surface area contributed by atoms with Gasteiger partial charge in [0.1, 0.15) is 6.61 Å². The van der Waals surface area contributed by atoms with Crippen molar-refractivity contribution in [3.8, 4) is 0 Å². The van der Waals surface area contributed by atoms with Gasteiger partial charge in [-0.15, -0.1) is 0 Å². The van der Waals surface area contributed by atoms with Crippen LogP contribution in [0, 0.1) is 0 Å². The summed E-state index contributed by atoms with van der Waals surface area (Å²) in [4.78, 5) is 10.7. The Labute approximate surface area is 60.7 Å². The molecule has 10 heavy (non-hydrogen) atoms. The zero-order valence-electron chi connectivity index (χ0n) is 6.22. The van der Waals surface area contributed by atoms with Crippen LogP contribution in [0.5, 0.6) is 0 Å². The monoisotopic (exact) mass is 146 g/mol. The molecule has 0 unspecified atom stereocenters. The first-order chi connectivity index (χ1) is 4.81. The van der Waals surface area contributed by atoms with E-state index in [1.807, 2.05) is 6.92 Å². The Morgan fingerprint density at radius 1 is 1.70 bits per heavy atom. The summed E-state index contributed by atoms with van der Waals surface area (Å²) in [6.07, 6.45) is 0.939. The maximum absolute atomic E-state index is 10.7. The number of nitrogens with two attached hydrogens (primary N) is 1. The predicted octanol–water partition coefficient (Wildman–Crippen LogP) is -0.555. The fourth-order valence-electron chi connectivity index (χ4n) is 0.467. The van der Waals surface area contributed by atoms with Gasteiger partial charge in [-0.3, -0.25) is 4.79 Å². The second kappa shape index (κ2) is 6.51. The molecule has 0 saturated carbocycles. The van der Waals surface area contributed by atoms with Gasteiger partial charge in [-0.1, -0.05) is 6.92 Å². The summed E-state index contributed by atoms with van der Waals surface area (Å²) in [5, 5.41) is 2.65. The van der Waals surface area contributed by atoms with Gasteiger partial charge in [-0.25, -0.2) is 0 Å². The van der Waals surface area contributed by atoms with Gasteiger partial charge in [0.05, 0.1) is 6.73 Å². The van der Waals surface area contributed by atoms with Crippen molar-refractivity contribution in [2.75, 3.05) is 19.9 Å². The smallest absolute Gasteiger partial charge is 0.246 e. The molecule has 0 bridgehead atoms. The third-order valence-electron chi connectivity index (χ3n) is 0.923. The minimum Gasteiger partial charge on any atom is -0.357 e. The van der Waals surface area contributed by atoms with E-state index < -0.39 is 0 Å². The van der Waals surface area contributed by atoms with Crippen LogP contribution in [-0.2, 0) is 9.53 Å². The Kier molecular flexibility index (Phi) is 6.11. The topological polar surface area (TPSA) is 64.3 Å². The number of amides is 1. The quantitative estimate of drug-likeness (QED) is 0.511. The molecular weight excluding hydrogens is 132 g/mol. The molecule has 3 N–H and O–H groups in total. The lowest BCUT2D eigenvalue weighted by Crippen LogP contribution is -2.29. The maximum Gasteiger partial charge on any atom is 0.246 e. The summed E-state index contributed by atoms with van der Waals surface area (Å²) in [7, 11) is 0. The Morgan fingerprint density at radius 2 is 2.40 bits per heavy atom.